The van der Waals surface area contributed by atoms with E-state index in [1.165, 1.54) is 0 Å². The number of rotatable bonds is 4. The molecule has 74 valence electrons. The fourth-order valence-corrected chi connectivity index (χ4v) is 1.30. The summed E-state index contributed by atoms with van der Waals surface area (Å²) in [6.45, 7) is 1.47. The SMILES string of the molecule is COCCNc1cn2ccccc2n1. The van der Waals surface area contributed by atoms with Crippen molar-refractivity contribution in [3.63, 3.8) is 0 Å². The molecule has 1 N–H and O–H groups in total. The van der Waals surface area contributed by atoms with Crippen LogP contribution in [0.4, 0.5) is 5.82 Å². The molecule has 0 amide bonds. The monoisotopic (exact) mass is 191 g/mol. The van der Waals surface area contributed by atoms with E-state index in [9.17, 15) is 0 Å². The van der Waals surface area contributed by atoms with Gasteiger partial charge in [0.15, 0.2) is 0 Å². The summed E-state index contributed by atoms with van der Waals surface area (Å²) < 4.78 is 6.92. The zero-order valence-electron chi connectivity index (χ0n) is 8.10. The Morgan fingerprint density at radius 3 is 3.21 bits per heavy atom. The molecule has 0 atom stereocenters. The summed E-state index contributed by atoms with van der Waals surface area (Å²) in [6.07, 6.45) is 3.94. The van der Waals surface area contributed by atoms with Gasteiger partial charge in [0.1, 0.15) is 11.5 Å². The number of hydrogen-bond acceptors (Lipinski definition) is 3. The molecule has 0 fully saturated rings. The summed E-state index contributed by atoms with van der Waals surface area (Å²) in [6, 6.07) is 5.93. The number of anilines is 1. The zero-order valence-corrected chi connectivity index (χ0v) is 8.10. The molecule has 0 aliphatic heterocycles. The first-order valence-electron chi connectivity index (χ1n) is 4.57. The van der Waals surface area contributed by atoms with Crippen LogP contribution in [0.1, 0.15) is 0 Å². The quantitative estimate of drug-likeness (QED) is 0.742. The van der Waals surface area contributed by atoms with Crippen LogP contribution in [0.5, 0.6) is 0 Å². The second-order valence-electron chi connectivity index (χ2n) is 3.01. The van der Waals surface area contributed by atoms with Crippen molar-refractivity contribution in [3.8, 4) is 0 Å². The van der Waals surface area contributed by atoms with Crippen molar-refractivity contribution in [2.24, 2.45) is 0 Å². The fourth-order valence-electron chi connectivity index (χ4n) is 1.30. The van der Waals surface area contributed by atoms with Crippen LogP contribution in [0.25, 0.3) is 5.65 Å². The van der Waals surface area contributed by atoms with Crippen LogP contribution in [0.3, 0.4) is 0 Å². The Morgan fingerprint density at radius 2 is 2.43 bits per heavy atom. The van der Waals surface area contributed by atoms with E-state index in [2.05, 4.69) is 10.3 Å². The zero-order chi connectivity index (χ0) is 9.80. The molecule has 4 heteroatoms. The number of aromatic nitrogens is 2. The number of imidazole rings is 1. The van der Waals surface area contributed by atoms with Gasteiger partial charge >= 0.3 is 0 Å². The summed E-state index contributed by atoms with van der Waals surface area (Å²) >= 11 is 0. The van der Waals surface area contributed by atoms with Crippen molar-refractivity contribution >= 4 is 11.5 Å². The highest BCUT2D eigenvalue weighted by molar-refractivity contribution is 5.48. The van der Waals surface area contributed by atoms with E-state index in [1.54, 1.807) is 7.11 Å². The molecule has 0 radical (unpaired) electrons. The number of ether oxygens (including phenoxy) is 1. The Morgan fingerprint density at radius 1 is 1.50 bits per heavy atom. The second kappa shape index (κ2) is 4.11. The number of methoxy groups -OCH3 is 1. The van der Waals surface area contributed by atoms with Crippen LogP contribution in [0.15, 0.2) is 30.6 Å². The minimum atomic E-state index is 0.688. The molecular formula is C10H13N3O. The lowest BCUT2D eigenvalue weighted by Gasteiger charge is -1.99. The minimum absolute atomic E-state index is 0.688. The summed E-state index contributed by atoms with van der Waals surface area (Å²) in [5.74, 6) is 0.883. The summed E-state index contributed by atoms with van der Waals surface area (Å²) in [5.41, 5.74) is 0.951. The molecule has 0 bridgehead atoms. The number of fused-ring (bicyclic) bond motifs is 1. The molecule has 0 aliphatic rings. The van der Waals surface area contributed by atoms with Crippen molar-refractivity contribution in [1.29, 1.82) is 0 Å². The van der Waals surface area contributed by atoms with E-state index in [1.807, 2.05) is 35.0 Å². The Balaban J connectivity index is 2.11. The topological polar surface area (TPSA) is 38.6 Å². The fraction of sp³-hybridized carbons (Fsp3) is 0.300. The Labute approximate surface area is 82.5 Å². The van der Waals surface area contributed by atoms with Gasteiger partial charge in [-0.3, -0.25) is 0 Å². The maximum Gasteiger partial charge on any atom is 0.145 e. The van der Waals surface area contributed by atoms with Gasteiger partial charge in [-0.25, -0.2) is 4.98 Å². The first-order chi connectivity index (χ1) is 6.90. The van der Waals surface area contributed by atoms with Gasteiger partial charge in [-0.1, -0.05) is 6.07 Å². The van der Waals surface area contributed by atoms with Crippen LogP contribution < -0.4 is 5.32 Å². The molecule has 2 aromatic rings. The molecule has 0 aliphatic carbocycles. The maximum absolute atomic E-state index is 4.94. The summed E-state index contributed by atoms with van der Waals surface area (Å²) in [4.78, 5) is 4.38. The van der Waals surface area contributed by atoms with Crippen molar-refractivity contribution in [3.05, 3.63) is 30.6 Å². The molecule has 0 saturated carbocycles. The van der Waals surface area contributed by atoms with Gasteiger partial charge in [0.2, 0.25) is 0 Å². The number of nitrogens with zero attached hydrogens (tertiary/aromatic N) is 2. The van der Waals surface area contributed by atoms with E-state index in [0.29, 0.717) is 6.61 Å². The third-order valence-corrected chi connectivity index (χ3v) is 1.98. The van der Waals surface area contributed by atoms with Gasteiger partial charge in [-0.2, -0.15) is 0 Å². The number of hydrogen-bond donors (Lipinski definition) is 1. The molecular weight excluding hydrogens is 178 g/mol. The smallest absolute Gasteiger partial charge is 0.145 e. The first kappa shape index (κ1) is 9.02. The summed E-state index contributed by atoms with van der Waals surface area (Å²) in [7, 11) is 1.69. The minimum Gasteiger partial charge on any atom is -0.383 e. The van der Waals surface area contributed by atoms with Crippen LogP contribution in [-0.4, -0.2) is 29.6 Å². The van der Waals surface area contributed by atoms with Crippen molar-refractivity contribution < 1.29 is 4.74 Å². The largest absolute Gasteiger partial charge is 0.383 e. The van der Waals surface area contributed by atoms with Crippen LogP contribution >= 0.6 is 0 Å². The highest BCUT2D eigenvalue weighted by Crippen LogP contribution is 2.08. The Hall–Kier alpha value is -1.55. The third kappa shape index (κ3) is 1.85. The molecule has 0 aromatic carbocycles. The standard InChI is InChI=1S/C10H13N3O/c1-14-7-5-11-9-8-13-6-3-2-4-10(13)12-9/h2-4,6,8,11H,5,7H2,1H3. The lowest BCUT2D eigenvalue weighted by molar-refractivity contribution is 0.210. The van der Waals surface area contributed by atoms with E-state index in [4.69, 9.17) is 4.74 Å². The predicted molar refractivity (Wildman–Crippen MR) is 55.6 cm³/mol. The van der Waals surface area contributed by atoms with Gasteiger partial charge < -0.3 is 14.5 Å². The third-order valence-electron chi connectivity index (χ3n) is 1.98. The highest BCUT2D eigenvalue weighted by atomic mass is 16.5. The van der Waals surface area contributed by atoms with Gasteiger partial charge in [0.05, 0.1) is 12.8 Å². The second-order valence-corrected chi connectivity index (χ2v) is 3.01. The molecule has 2 heterocycles. The molecule has 0 saturated heterocycles. The van der Waals surface area contributed by atoms with Crippen LogP contribution in [0.2, 0.25) is 0 Å². The van der Waals surface area contributed by atoms with Crippen LogP contribution in [0, 0.1) is 0 Å². The predicted octanol–water partition coefficient (Wildman–Crippen LogP) is 1.39. The van der Waals surface area contributed by atoms with Crippen molar-refractivity contribution in [2.75, 3.05) is 25.6 Å². The van der Waals surface area contributed by atoms with Crippen molar-refractivity contribution in [2.45, 2.75) is 0 Å². The van der Waals surface area contributed by atoms with Gasteiger partial charge in [0, 0.05) is 19.9 Å². The summed E-state index contributed by atoms with van der Waals surface area (Å²) in [5, 5.41) is 3.18. The molecule has 0 unspecified atom stereocenters. The van der Waals surface area contributed by atoms with Gasteiger partial charge in [0.25, 0.3) is 0 Å². The number of pyridine rings is 1. The van der Waals surface area contributed by atoms with Gasteiger partial charge in [-0.15, -0.1) is 0 Å². The van der Waals surface area contributed by atoms with Crippen LogP contribution in [-0.2, 0) is 4.74 Å². The maximum atomic E-state index is 4.94. The lowest BCUT2D eigenvalue weighted by Crippen LogP contribution is -2.07. The van der Waals surface area contributed by atoms with Gasteiger partial charge in [-0.05, 0) is 12.1 Å². The van der Waals surface area contributed by atoms with E-state index >= 15 is 0 Å². The average molecular weight is 191 g/mol. The molecule has 2 rings (SSSR count). The van der Waals surface area contributed by atoms with Crippen molar-refractivity contribution in [1.82, 2.24) is 9.38 Å². The molecule has 4 nitrogen and oxygen atoms in total. The molecule has 2 aromatic heterocycles. The Kier molecular flexibility index (Phi) is 2.65. The number of nitrogens with one attached hydrogen (secondary N) is 1. The average Bonchev–Trinajstić information content (AvgIpc) is 2.60. The molecule has 0 spiro atoms. The Bertz CT molecular complexity index is 377. The van der Waals surface area contributed by atoms with E-state index in [-0.39, 0.29) is 0 Å². The first-order valence-corrected chi connectivity index (χ1v) is 4.57. The van der Waals surface area contributed by atoms with E-state index in [0.717, 1.165) is 18.0 Å². The lowest BCUT2D eigenvalue weighted by atomic mass is 10.5. The van der Waals surface area contributed by atoms with E-state index < -0.39 is 0 Å². The molecule has 14 heavy (non-hydrogen) atoms. The normalized spacial score (nSPS) is 10.6. The highest BCUT2D eigenvalue weighted by Gasteiger charge is 1.98.